The fourth-order valence-electron chi connectivity index (χ4n) is 2.20. The van der Waals surface area contributed by atoms with E-state index in [1.807, 2.05) is 78.6 Å². The molecule has 0 aliphatic rings. The van der Waals surface area contributed by atoms with E-state index >= 15 is 0 Å². The summed E-state index contributed by atoms with van der Waals surface area (Å²) in [7, 11) is -9.23. The van der Waals surface area contributed by atoms with Crippen LogP contribution in [-0.2, 0) is 32.1 Å². The topological polar surface area (TPSA) is 100 Å². The Bertz CT molecular complexity index is 711. The van der Waals surface area contributed by atoms with Gasteiger partial charge >= 0.3 is 11.9 Å². The molecule has 0 aliphatic heterocycles. The number of carbonyl (C=O) groups excluding carboxylic acids is 3. The summed E-state index contributed by atoms with van der Waals surface area (Å²) in [6.07, 6.45) is -1.30. The molecule has 0 heterocycles. The summed E-state index contributed by atoms with van der Waals surface area (Å²) in [6, 6.07) is 0. The van der Waals surface area contributed by atoms with Crippen LogP contribution in [0.2, 0.25) is 78.6 Å². The van der Waals surface area contributed by atoms with Gasteiger partial charge < -0.3 is 23.0 Å². The highest BCUT2D eigenvalue weighted by Crippen LogP contribution is 2.24. The van der Waals surface area contributed by atoms with Gasteiger partial charge in [-0.2, -0.15) is 0 Å². The third-order valence-electron chi connectivity index (χ3n) is 2.90. The van der Waals surface area contributed by atoms with Gasteiger partial charge in [0.15, 0.2) is 14.4 Å². The zero-order chi connectivity index (χ0) is 25.0. The van der Waals surface area contributed by atoms with Crippen molar-refractivity contribution >= 4 is 51.1 Å². The van der Waals surface area contributed by atoms with Crippen LogP contribution < -0.4 is 5.32 Å². The molecule has 31 heavy (non-hydrogen) atoms. The maximum atomic E-state index is 13.2. The molecule has 0 aromatic rings. The SMILES string of the molecule is CC(=O)[15NH]/C(=C(\O[Si](C)(C)C)C(=O)O[Si](C)(C)C)C(O[Si](C)(C)C)C(=O)O[Si](C)(C)C. The molecule has 8 nitrogen and oxygen atoms in total. The second-order valence-electron chi connectivity index (χ2n) is 11.3. The van der Waals surface area contributed by atoms with E-state index in [1.165, 1.54) is 6.92 Å². The summed E-state index contributed by atoms with van der Waals surface area (Å²) in [5.41, 5.74) is -0.0520. The van der Waals surface area contributed by atoms with Gasteiger partial charge in [-0.1, -0.05) is 0 Å². The van der Waals surface area contributed by atoms with Crippen molar-refractivity contribution in [1.82, 2.24) is 5.32 Å². The normalized spacial score (nSPS) is 14.9. The largest absolute Gasteiger partial charge is 0.538 e. The zero-order valence-corrected chi connectivity index (χ0v) is 25.4. The molecule has 0 rings (SSSR count). The van der Waals surface area contributed by atoms with Crippen molar-refractivity contribution in [2.45, 2.75) is 91.6 Å². The maximum Gasteiger partial charge on any atom is 0.360 e. The highest BCUT2D eigenvalue weighted by molar-refractivity contribution is 6.72. The minimum atomic E-state index is -2.34. The number of rotatable bonds is 10. The lowest BCUT2D eigenvalue weighted by Crippen LogP contribution is -2.48. The molecule has 1 atom stereocenters. The molecule has 0 aromatic carbocycles. The van der Waals surface area contributed by atoms with Gasteiger partial charge in [0.1, 0.15) is 5.70 Å². The number of nitrogens with one attached hydrogen (secondary N) is 1. The molecule has 0 aromatic heterocycles. The molecule has 180 valence electrons. The molecule has 0 fully saturated rings. The molecule has 1 N–H and O–H groups in total. The smallest absolute Gasteiger partial charge is 0.360 e. The lowest BCUT2D eigenvalue weighted by atomic mass is 10.2. The van der Waals surface area contributed by atoms with E-state index in [-0.39, 0.29) is 11.5 Å². The fourth-order valence-corrected chi connectivity index (χ4v) is 5.29. The van der Waals surface area contributed by atoms with Crippen LogP contribution in [0, 0.1) is 0 Å². The maximum absolute atomic E-state index is 13.2. The predicted molar refractivity (Wildman–Crippen MR) is 132 cm³/mol. The van der Waals surface area contributed by atoms with Gasteiger partial charge in [0.25, 0.3) is 0 Å². The molecule has 1 unspecified atom stereocenters. The molecule has 0 saturated heterocycles. The summed E-state index contributed by atoms with van der Waals surface area (Å²) in [6.45, 7) is 23.9. The van der Waals surface area contributed by atoms with Crippen molar-refractivity contribution in [3.8, 4) is 0 Å². The average Bonchev–Trinajstić information content (AvgIpc) is 2.42. The van der Waals surface area contributed by atoms with Crippen molar-refractivity contribution in [2.24, 2.45) is 0 Å². The van der Waals surface area contributed by atoms with E-state index in [0.29, 0.717) is 0 Å². The van der Waals surface area contributed by atoms with Gasteiger partial charge in [0.2, 0.25) is 36.6 Å². The van der Waals surface area contributed by atoms with E-state index in [2.05, 4.69) is 5.32 Å². The first-order chi connectivity index (χ1) is 13.5. The van der Waals surface area contributed by atoms with Crippen LogP contribution in [-0.4, -0.2) is 57.2 Å². The van der Waals surface area contributed by atoms with Gasteiger partial charge in [-0.15, -0.1) is 0 Å². The van der Waals surface area contributed by atoms with Crippen molar-refractivity contribution < 1.29 is 32.1 Å². The standard InChI is InChI=1S/C19H41NO7Si4/c1-14(21)20-15(16(24-28(2,3)4)18(22)26-30(8,9)10)17(25-29(5,6)7)19(23)27-31(11,12)13/h16H,1-13H3,(H,20,21)/b17-15-/i20+1. The van der Waals surface area contributed by atoms with Crippen LogP contribution in [0.3, 0.4) is 0 Å². The van der Waals surface area contributed by atoms with E-state index in [9.17, 15) is 14.4 Å². The Morgan fingerprint density at radius 3 is 1.39 bits per heavy atom. The highest BCUT2D eigenvalue weighted by atomic mass is 28.4. The summed E-state index contributed by atoms with van der Waals surface area (Å²) < 4.78 is 23.6. The van der Waals surface area contributed by atoms with Crippen LogP contribution in [0.25, 0.3) is 0 Å². The number of hydrogen-bond acceptors (Lipinski definition) is 7. The Morgan fingerprint density at radius 1 is 0.645 bits per heavy atom. The number of hydrogen-bond donors (Lipinski definition) is 1. The van der Waals surface area contributed by atoms with E-state index in [4.69, 9.17) is 17.7 Å². The van der Waals surface area contributed by atoms with Crippen LogP contribution >= 0.6 is 0 Å². The summed E-state index contributed by atoms with van der Waals surface area (Å²) >= 11 is 0. The molecule has 0 radical (unpaired) electrons. The second kappa shape index (κ2) is 10.6. The zero-order valence-electron chi connectivity index (χ0n) is 21.4. The molecule has 12 heteroatoms. The molecule has 0 bridgehead atoms. The second-order valence-corrected chi connectivity index (χ2v) is 29.0. The Hall–Kier alpha value is -1.22. The lowest BCUT2D eigenvalue weighted by Gasteiger charge is -2.32. The molecule has 0 aliphatic carbocycles. The van der Waals surface area contributed by atoms with Crippen molar-refractivity contribution in [2.75, 3.05) is 0 Å². The van der Waals surface area contributed by atoms with E-state index < -0.39 is 57.2 Å². The molecule has 0 spiro atoms. The first kappa shape index (κ1) is 29.8. The lowest BCUT2D eigenvalue weighted by molar-refractivity contribution is -0.142. The van der Waals surface area contributed by atoms with Crippen molar-refractivity contribution in [3.05, 3.63) is 11.5 Å². The fraction of sp³-hybridized carbons (Fsp3) is 0.737. The summed E-state index contributed by atoms with van der Waals surface area (Å²) in [5, 5.41) is 2.62. The van der Waals surface area contributed by atoms with Gasteiger partial charge in [0.05, 0.1) is 0 Å². The monoisotopic (exact) mass is 508 g/mol. The van der Waals surface area contributed by atoms with Gasteiger partial charge in [-0.05, 0) is 78.6 Å². The van der Waals surface area contributed by atoms with E-state index in [0.717, 1.165) is 0 Å². The predicted octanol–water partition coefficient (Wildman–Crippen LogP) is 4.16. The van der Waals surface area contributed by atoms with Gasteiger partial charge in [0, 0.05) is 6.92 Å². The van der Waals surface area contributed by atoms with Crippen LogP contribution in [0.4, 0.5) is 0 Å². The third kappa shape index (κ3) is 13.7. The Morgan fingerprint density at radius 2 is 1.06 bits per heavy atom. The summed E-state index contributed by atoms with van der Waals surface area (Å²) in [5.74, 6) is -2.01. The van der Waals surface area contributed by atoms with Gasteiger partial charge in [-0.3, -0.25) is 9.59 Å². The van der Waals surface area contributed by atoms with Crippen LogP contribution in [0.5, 0.6) is 0 Å². The first-order valence-electron chi connectivity index (χ1n) is 10.4. The van der Waals surface area contributed by atoms with Crippen molar-refractivity contribution in [1.29, 1.82) is 0 Å². The molecule has 1 amide bonds. The molecular formula is C19H41NO7Si4. The van der Waals surface area contributed by atoms with Crippen LogP contribution in [0.1, 0.15) is 6.92 Å². The minimum absolute atomic E-state index is 0.0520. The van der Waals surface area contributed by atoms with Crippen LogP contribution in [0.15, 0.2) is 11.5 Å². The first-order valence-corrected chi connectivity index (χ1v) is 24.0. The number of amides is 1. The molecule has 0 saturated carbocycles. The Balaban J connectivity index is 6.87. The van der Waals surface area contributed by atoms with E-state index in [1.54, 1.807) is 0 Å². The quantitative estimate of drug-likeness (QED) is 0.205. The number of carbonyl (C=O) groups is 3. The Kier molecular flexibility index (Phi) is 10.2. The summed E-state index contributed by atoms with van der Waals surface area (Å²) in [4.78, 5) is 38.4. The third-order valence-corrected chi connectivity index (χ3v) is 6.27. The molecular weight excluding hydrogens is 468 g/mol. The van der Waals surface area contributed by atoms with Crippen molar-refractivity contribution in [3.63, 3.8) is 0 Å². The van der Waals surface area contributed by atoms with Gasteiger partial charge in [-0.25, -0.2) is 4.79 Å². The highest BCUT2D eigenvalue weighted by Gasteiger charge is 2.40. The Labute approximate surface area is 191 Å². The minimum Gasteiger partial charge on any atom is -0.538 e. The average molecular weight is 509 g/mol.